The second kappa shape index (κ2) is 16.5. The summed E-state index contributed by atoms with van der Waals surface area (Å²) in [6, 6.07) is 23.0. The molecule has 0 saturated heterocycles. The number of carbonyl (C=O) groups is 4. The number of nitrogens with one attached hydrogen (secondary N) is 3. The molecule has 9 nitrogen and oxygen atoms in total. The molecule has 1 aliphatic carbocycles. The maximum atomic E-state index is 13.7. The van der Waals surface area contributed by atoms with Crippen molar-refractivity contribution in [1.82, 2.24) is 5.32 Å². The molecule has 0 fully saturated rings. The minimum atomic E-state index is -0.534. The highest BCUT2D eigenvalue weighted by molar-refractivity contribution is 8.00. The van der Waals surface area contributed by atoms with Crippen LogP contribution < -0.4 is 20.7 Å². The number of ether oxygens (including phenoxy) is 2. The Labute approximate surface area is 294 Å². The van der Waals surface area contributed by atoms with Crippen molar-refractivity contribution in [2.75, 3.05) is 24.9 Å². The predicted octanol–water partition coefficient (Wildman–Crippen LogP) is 7.59. The summed E-state index contributed by atoms with van der Waals surface area (Å²) in [5, 5.41) is 8.72. The Balaban J connectivity index is 1.33. The van der Waals surface area contributed by atoms with Crippen LogP contribution in [0.3, 0.4) is 0 Å². The van der Waals surface area contributed by atoms with Crippen LogP contribution in [0.1, 0.15) is 63.4 Å². The molecule has 5 rings (SSSR count). The summed E-state index contributed by atoms with van der Waals surface area (Å²) in [5.74, 6) is -0.572. The molecule has 2 atom stereocenters. The Morgan fingerprint density at radius 1 is 0.980 bits per heavy atom. The summed E-state index contributed by atoms with van der Waals surface area (Å²) in [6.07, 6.45) is 4.73. The van der Waals surface area contributed by atoms with Gasteiger partial charge in [0.2, 0.25) is 5.91 Å². The second-order valence-corrected chi connectivity index (χ2v) is 14.0. The van der Waals surface area contributed by atoms with E-state index in [2.05, 4.69) is 22.9 Å². The number of fused-ring (bicyclic) bond motifs is 1. The number of amides is 3. The van der Waals surface area contributed by atoms with Crippen LogP contribution in [0, 0.1) is 5.92 Å². The summed E-state index contributed by atoms with van der Waals surface area (Å²) in [7, 11) is 2.89. The van der Waals surface area contributed by atoms with Gasteiger partial charge in [0.1, 0.15) is 16.4 Å². The van der Waals surface area contributed by atoms with Gasteiger partial charge in [0.25, 0.3) is 11.8 Å². The summed E-state index contributed by atoms with van der Waals surface area (Å²) < 4.78 is 10.5. The number of rotatable bonds is 12. The standard InChI is InChI=1S/C38H39N3O6S2/c1-5-31(36(44)41-37-33(38(45)47-4)28-19-18-23(2)20-32(28)49-37)48-27-16-11-15-26(22-27)39-35(43)29(21-25-14-9-10-17-30(25)46-3)40-34(42)24-12-7-6-8-13-24/h6-17,21-23,31H,5,18-20H2,1-4H3,(H,39,43)(H,40,42)(H,41,44)/b29-21+. The number of para-hydroxylation sites is 1. The maximum Gasteiger partial charge on any atom is 0.341 e. The minimum Gasteiger partial charge on any atom is -0.496 e. The van der Waals surface area contributed by atoms with Crippen molar-refractivity contribution in [3.05, 3.63) is 112 Å². The number of carbonyl (C=O) groups excluding carboxylic acids is 4. The van der Waals surface area contributed by atoms with Gasteiger partial charge in [-0.1, -0.05) is 56.3 Å². The third-order valence-electron chi connectivity index (χ3n) is 8.14. The van der Waals surface area contributed by atoms with E-state index in [0.717, 1.165) is 34.6 Å². The largest absolute Gasteiger partial charge is 0.496 e. The van der Waals surface area contributed by atoms with Crippen LogP contribution in [0.5, 0.6) is 5.75 Å². The molecule has 3 amide bonds. The fraction of sp³-hybridized carbons (Fsp3) is 0.263. The van der Waals surface area contributed by atoms with Gasteiger partial charge < -0.3 is 25.4 Å². The lowest BCUT2D eigenvalue weighted by Crippen LogP contribution is -2.30. The average molecular weight is 698 g/mol. The van der Waals surface area contributed by atoms with Crippen LogP contribution in [-0.4, -0.2) is 43.2 Å². The van der Waals surface area contributed by atoms with Crippen LogP contribution in [0.25, 0.3) is 6.08 Å². The molecule has 0 aliphatic heterocycles. The number of benzene rings is 3. The van der Waals surface area contributed by atoms with E-state index in [1.54, 1.807) is 60.7 Å². The molecule has 11 heteroatoms. The number of thiophene rings is 1. The molecule has 3 N–H and O–H groups in total. The molecule has 1 aromatic heterocycles. The van der Waals surface area contributed by atoms with Gasteiger partial charge in [-0.25, -0.2) is 4.79 Å². The van der Waals surface area contributed by atoms with Gasteiger partial charge in [-0.2, -0.15) is 0 Å². The summed E-state index contributed by atoms with van der Waals surface area (Å²) in [4.78, 5) is 55.0. The Morgan fingerprint density at radius 3 is 2.47 bits per heavy atom. The first-order chi connectivity index (χ1) is 23.7. The maximum absolute atomic E-state index is 13.7. The second-order valence-electron chi connectivity index (χ2n) is 11.7. The average Bonchev–Trinajstić information content (AvgIpc) is 3.47. The Kier molecular flexibility index (Phi) is 11.9. The zero-order valence-electron chi connectivity index (χ0n) is 27.8. The number of anilines is 2. The molecular formula is C38H39N3O6S2. The van der Waals surface area contributed by atoms with Gasteiger partial charge in [-0.15, -0.1) is 23.1 Å². The third-order valence-corrected chi connectivity index (χ3v) is 10.7. The van der Waals surface area contributed by atoms with Crippen molar-refractivity contribution < 1.29 is 28.7 Å². The van der Waals surface area contributed by atoms with Crippen LogP contribution in [0.4, 0.5) is 10.7 Å². The van der Waals surface area contributed by atoms with Crippen molar-refractivity contribution in [3.63, 3.8) is 0 Å². The summed E-state index contributed by atoms with van der Waals surface area (Å²) >= 11 is 2.82. The van der Waals surface area contributed by atoms with E-state index < -0.39 is 23.0 Å². The topological polar surface area (TPSA) is 123 Å². The Morgan fingerprint density at radius 2 is 1.73 bits per heavy atom. The molecule has 49 heavy (non-hydrogen) atoms. The highest BCUT2D eigenvalue weighted by Crippen LogP contribution is 2.40. The Hall–Kier alpha value is -4.87. The Bertz CT molecular complexity index is 1870. The first kappa shape index (κ1) is 35.4. The molecule has 0 radical (unpaired) electrons. The first-order valence-corrected chi connectivity index (χ1v) is 17.7. The van der Waals surface area contributed by atoms with Gasteiger partial charge in [0.05, 0.1) is 25.0 Å². The van der Waals surface area contributed by atoms with E-state index in [4.69, 9.17) is 9.47 Å². The molecular weight excluding hydrogens is 659 g/mol. The molecule has 1 heterocycles. The highest BCUT2D eigenvalue weighted by Gasteiger charge is 2.30. The molecule has 4 aromatic rings. The van der Waals surface area contributed by atoms with Crippen molar-refractivity contribution in [2.24, 2.45) is 5.92 Å². The smallest absolute Gasteiger partial charge is 0.341 e. The normalized spacial score (nSPS) is 14.6. The van der Waals surface area contributed by atoms with Gasteiger partial charge >= 0.3 is 5.97 Å². The van der Waals surface area contributed by atoms with Crippen molar-refractivity contribution in [2.45, 2.75) is 49.7 Å². The lowest BCUT2D eigenvalue weighted by molar-refractivity contribution is -0.116. The van der Waals surface area contributed by atoms with E-state index in [9.17, 15) is 19.2 Å². The monoisotopic (exact) mass is 697 g/mol. The highest BCUT2D eigenvalue weighted by atomic mass is 32.2. The van der Waals surface area contributed by atoms with E-state index in [-0.39, 0.29) is 11.6 Å². The lowest BCUT2D eigenvalue weighted by Gasteiger charge is -2.18. The minimum absolute atomic E-state index is 0.0247. The summed E-state index contributed by atoms with van der Waals surface area (Å²) in [5.41, 5.74) is 2.97. The van der Waals surface area contributed by atoms with Gasteiger partial charge in [-0.05, 0) is 79.6 Å². The fourth-order valence-corrected chi connectivity index (χ4v) is 7.98. The number of hydrogen-bond donors (Lipinski definition) is 3. The lowest BCUT2D eigenvalue weighted by atomic mass is 9.88. The van der Waals surface area contributed by atoms with E-state index >= 15 is 0 Å². The number of methoxy groups -OCH3 is 2. The molecule has 254 valence electrons. The third kappa shape index (κ3) is 8.79. The number of thioether (sulfide) groups is 1. The van der Waals surface area contributed by atoms with Gasteiger partial charge in [0, 0.05) is 26.6 Å². The van der Waals surface area contributed by atoms with E-state index in [1.807, 2.05) is 31.2 Å². The zero-order chi connectivity index (χ0) is 34.9. The van der Waals surface area contributed by atoms with Crippen molar-refractivity contribution in [1.29, 1.82) is 0 Å². The van der Waals surface area contributed by atoms with Crippen molar-refractivity contribution >= 4 is 63.6 Å². The molecule has 0 spiro atoms. The van der Waals surface area contributed by atoms with Crippen molar-refractivity contribution in [3.8, 4) is 5.75 Å². The fourth-order valence-electron chi connectivity index (χ4n) is 5.56. The van der Waals surface area contributed by atoms with Gasteiger partial charge in [-0.3, -0.25) is 14.4 Å². The van der Waals surface area contributed by atoms with Crippen LogP contribution in [-0.2, 0) is 27.2 Å². The molecule has 3 aromatic carbocycles. The van der Waals surface area contributed by atoms with E-state index in [1.165, 1.54) is 37.3 Å². The van der Waals surface area contributed by atoms with Crippen LogP contribution >= 0.6 is 23.1 Å². The molecule has 0 saturated carbocycles. The van der Waals surface area contributed by atoms with Gasteiger partial charge in [0.15, 0.2) is 0 Å². The SMILES string of the molecule is CCC(Sc1cccc(NC(=O)/C(=C\c2ccccc2OC)NC(=O)c2ccccc2)c1)C(=O)Nc1sc2c(c1C(=O)OC)CCC(C)C2. The summed E-state index contributed by atoms with van der Waals surface area (Å²) in [6.45, 7) is 4.12. The molecule has 0 bridgehead atoms. The molecule has 2 unspecified atom stereocenters. The number of esters is 1. The zero-order valence-corrected chi connectivity index (χ0v) is 29.5. The predicted molar refractivity (Wildman–Crippen MR) is 195 cm³/mol. The quantitative estimate of drug-likeness (QED) is 0.0792. The van der Waals surface area contributed by atoms with Crippen LogP contribution in [0.2, 0.25) is 0 Å². The van der Waals surface area contributed by atoms with Crippen LogP contribution in [0.15, 0.2) is 89.5 Å². The first-order valence-electron chi connectivity index (χ1n) is 16.0. The number of hydrogen-bond acceptors (Lipinski definition) is 8. The molecule has 1 aliphatic rings. The van der Waals surface area contributed by atoms with E-state index in [0.29, 0.717) is 45.5 Å².